The highest BCUT2D eigenvalue weighted by atomic mass is 16.4. The van der Waals surface area contributed by atoms with Gasteiger partial charge in [0.15, 0.2) is 0 Å². The van der Waals surface area contributed by atoms with E-state index in [1.165, 1.54) is 0 Å². The fourth-order valence-electron chi connectivity index (χ4n) is 8.03. The molecule has 4 fully saturated rings. The van der Waals surface area contributed by atoms with Crippen molar-refractivity contribution in [3.05, 3.63) is 0 Å². The Labute approximate surface area is 175 Å². The van der Waals surface area contributed by atoms with Crippen LogP contribution in [-0.2, 0) is 4.79 Å². The Bertz CT molecular complexity index is 760. The first-order chi connectivity index (χ1) is 14.7. The van der Waals surface area contributed by atoms with Gasteiger partial charge in [0.2, 0.25) is 0 Å². The number of hydrogen-bond donors (Lipinski definition) is 3. The van der Waals surface area contributed by atoms with Crippen molar-refractivity contribution in [3.63, 3.8) is 0 Å². The van der Waals surface area contributed by atoms with Crippen molar-refractivity contribution in [1.29, 1.82) is 0 Å². The first-order valence-electron chi connectivity index (χ1n) is 13.2. The van der Waals surface area contributed by atoms with E-state index in [4.69, 9.17) is 10.6 Å². The largest absolute Gasteiger partial charge is 0.481 e. The number of hydrogen-bond acceptors (Lipinski definition) is 3. The van der Waals surface area contributed by atoms with Gasteiger partial charge in [-0.25, -0.2) is 0 Å². The zero-order valence-electron chi connectivity index (χ0n) is 21.5. The number of aliphatic carboxylic acids is 1. The summed E-state index contributed by atoms with van der Waals surface area (Å²) in [5.74, 6) is -0.291. The molecule has 160 valence electrons. The summed E-state index contributed by atoms with van der Waals surface area (Å²) in [7, 11) is 0. The zero-order valence-corrected chi connectivity index (χ0v) is 17.5. The van der Waals surface area contributed by atoms with Crippen LogP contribution in [0.3, 0.4) is 0 Å². The summed E-state index contributed by atoms with van der Waals surface area (Å²) < 4.78 is 34.0. The number of rotatable bonds is 4. The molecule has 0 unspecified atom stereocenters. The fourth-order valence-corrected chi connectivity index (χ4v) is 8.03. The van der Waals surface area contributed by atoms with Crippen molar-refractivity contribution in [2.24, 2.45) is 46.3 Å². The summed E-state index contributed by atoms with van der Waals surface area (Å²) in [6.45, 7) is 6.48. The van der Waals surface area contributed by atoms with Gasteiger partial charge in [-0.3, -0.25) is 4.79 Å². The van der Waals surface area contributed by atoms with Gasteiger partial charge in [-0.2, -0.15) is 0 Å². The molecular formula is C24H40O4. The minimum Gasteiger partial charge on any atom is -0.481 e. The molecule has 4 heteroatoms. The number of aliphatic hydroxyl groups excluding tert-OH is 2. The first-order valence-corrected chi connectivity index (χ1v) is 11.2. The van der Waals surface area contributed by atoms with E-state index in [-0.39, 0.29) is 42.4 Å². The second-order valence-corrected chi connectivity index (χ2v) is 10.7. The van der Waals surface area contributed by atoms with Gasteiger partial charge in [0.05, 0.1) is 12.2 Å². The predicted octanol–water partition coefficient (Wildman–Crippen LogP) is 4.48. The summed E-state index contributed by atoms with van der Waals surface area (Å²) in [5, 5.41) is 31.0. The van der Waals surface area contributed by atoms with Gasteiger partial charge in [-0.1, -0.05) is 20.8 Å². The molecule has 10 atom stereocenters. The molecule has 4 nitrogen and oxygen atoms in total. The SMILES string of the molecule is [2H]C1([2H])C[C@@]2(C)[C@H](C[C@@H](O)[C@@H]3[C@@H]2CC[C@]2(C)[C@@H]([C@H](C)CCC(=O)O)CC[C@@H]32)C([2H])([2H])[C@@H]1O. The van der Waals surface area contributed by atoms with Crippen LogP contribution in [0.5, 0.6) is 0 Å². The lowest BCUT2D eigenvalue weighted by atomic mass is 9.43. The van der Waals surface area contributed by atoms with Crippen LogP contribution in [0, 0.1) is 46.3 Å². The van der Waals surface area contributed by atoms with Gasteiger partial charge < -0.3 is 15.3 Å². The van der Waals surface area contributed by atoms with E-state index in [2.05, 4.69) is 13.8 Å². The van der Waals surface area contributed by atoms with E-state index in [1.807, 2.05) is 6.92 Å². The summed E-state index contributed by atoms with van der Waals surface area (Å²) in [6.07, 6.45) is -1.38. The number of carboxylic acids is 1. The van der Waals surface area contributed by atoms with Crippen LogP contribution in [0.25, 0.3) is 0 Å². The Morgan fingerprint density at radius 1 is 1.14 bits per heavy atom. The molecule has 28 heavy (non-hydrogen) atoms. The van der Waals surface area contributed by atoms with Gasteiger partial charge >= 0.3 is 5.97 Å². The smallest absolute Gasteiger partial charge is 0.303 e. The standard InChI is InChI=1S/C24H40O4/c1-14(4-7-21(27)28)17-5-6-18-22-19(9-11-24(17,18)3)23(2)10-8-16(25)12-15(23)13-20(22)26/h14-20,22,25-26H,4-13H2,1-3H3,(H,27,28)/t14-,15+,16-,17-,18+,19+,20-,22+,23+,24-/m1/s1/i8D2,12D2. The minimum absolute atomic E-state index is 0.00789. The third kappa shape index (κ3) is 3.14. The molecule has 0 saturated heterocycles. The van der Waals surface area contributed by atoms with Crippen LogP contribution in [0.2, 0.25) is 0 Å². The summed E-state index contributed by atoms with van der Waals surface area (Å²) in [4.78, 5) is 11.1. The predicted molar refractivity (Wildman–Crippen MR) is 109 cm³/mol. The second kappa shape index (κ2) is 7.27. The Morgan fingerprint density at radius 2 is 1.86 bits per heavy atom. The number of carbonyl (C=O) groups is 1. The Balaban J connectivity index is 1.64. The van der Waals surface area contributed by atoms with Crippen LogP contribution in [-0.4, -0.2) is 33.5 Å². The Hall–Kier alpha value is -0.610. The van der Waals surface area contributed by atoms with Crippen molar-refractivity contribution in [1.82, 2.24) is 0 Å². The first kappa shape index (κ1) is 16.1. The summed E-state index contributed by atoms with van der Waals surface area (Å²) in [6, 6.07) is 0. The maximum absolute atomic E-state index is 11.3. The van der Waals surface area contributed by atoms with Crippen LogP contribution < -0.4 is 0 Å². The van der Waals surface area contributed by atoms with E-state index >= 15 is 0 Å². The average Bonchev–Trinajstić information content (AvgIpc) is 3.03. The highest BCUT2D eigenvalue weighted by Crippen LogP contribution is 2.68. The molecule has 4 aliphatic rings. The zero-order chi connectivity index (χ0) is 23.9. The Morgan fingerprint density at radius 3 is 2.57 bits per heavy atom. The quantitative estimate of drug-likeness (QED) is 0.655. The monoisotopic (exact) mass is 396 g/mol. The lowest BCUT2D eigenvalue weighted by Gasteiger charge is -2.62. The summed E-state index contributed by atoms with van der Waals surface area (Å²) in [5.41, 5.74) is -0.583. The maximum atomic E-state index is 11.3. The van der Waals surface area contributed by atoms with Crippen molar-refractivity contribution < 1.29 is 25.6 Å². The molecule has 0 radical (unpaired) electrons. The van der Waals surface area contributed by atoms with Crippen LogP contribution >= 0.6 is 0 Å². The van der Waals surface area contributed by atoms with Crippen molar-refractivity contribution >= 4 is 5.97 Å². The minimum atomic E-state index is -2.08. The molecule has 0 bridgehead atoms. The number of fused-ring (bicyclic) bond motifs is 5. The maximum Gasteiger partial charge on any atom is 0.303 e. The highest BCUT2D eigenvalue weighted by molar-refractivity contribution is 5.66. The topological polar surface area (TPSA) is 77.8 Å². The van der Waals surface area contributed by atoms with E-state index in [1.54, 1.807) is 0 Å². The molecule has 4 rings (SSSR count). The molecule has 0 heterocycles. The lowest BCUT2D eigenvalue weighted by molar-refractivity contribution is -0.174. The van der Waals surface area contributed by atoms with Gasteiger partial charge in [0, 0.05) is 11.9 Å². The lowest BCUT2D eigenvalue weighted by Crippen LogP contribution is -2.58. The molecular weight excluding hydrogens is 352 g/mol. The van der Waals surface area contributed by atoms with E-state index in [0.29, 0.717) is 18.3 Å². The number of carboxylic acid groups (broad SMARTS) is 1. The normalized spacial score (nSPS) is 57.4. The van der Waals surface area contributed by atoms with Gasteiger partial charge in [-0.05, 0) is 104 Å². The van der Waals surface area contributed by atoms with Crippen LogP contribution in [0.15, 0.2) is 0 Å². The molecule has 0 aromatic heterocycles. The van der Waals surface area contributed by atoms with Gasteiger partial charge in [0.25, 0.3) is 0 Å². The van der Waals surface area contributed by atoms with Crippen molar-refractivity contribution in [3.8, 4) is 0 Å². The molecule has 0 aliphatic heterocycles. The average molecular weight is 397 g/mol. The van der Waals surface area contributed by atoms with Crippen molar-refractivity contribution in [2.75, 3.05) is 0 Å². The Kier molecular flexibility index (Phi) is 4.19. The third-order valence-electron chi connectivity index (χ3n) is 9.51. The molecule has 4 aliphatic carbocycles. The molecule has 3 N–H and O–H groups in total. The molecule has 0 spiro atoms. The molecule has 4 saturated carbocycles. The van der Waals surface area contributed by atoms with Gasteiger partial charge in [-0.15, -0.1) is 0 Å². The summed E-state index contributed by atoms with van der Waals surface area (Å²) >= 11 is 0. The molecule has 0 aromatic carbocycles. The second-order valence-electron chi connectivity index (χ2n) is 10.7. The highest BCUT2D eigenvalue weighted by Gasteiger charge is 2.62. The number of aliphatic hydroxyl groups is 2. The molecule has 0 amide bonds. The molecule has 0 aromatic rings. The van der Waals surface area contributed by atoms with Crippen molar-refractivity contribution in [2.45, 2.75) is 97.1 Å². The van der Waals surface area contributed by atoms with Gasteiger partial charge in [0.1, 0.15) is 0 Å². The fraction of sp³-hybridized carbons (Fsp3) is 0.958. The third-order valence-corrected chi connectivity index (χ3v) is 9.51. The van der Waals surface area contributed by atoms with E-state index < -0.39 is 42.3 Å². The van der Waals surface area contributed by atoms with Crippen LogP contribution in [0.4, 0.5) is 0 Å². The van der Waals surface area contributed by atoms with E-state index in [9.17, 15) is 15.0 Å². The van der Waals surface area contributed by atoms with E-state index in [0.717, 1.165) is 25.7 Å². The van der Waals surface area contributed by atoms with Crippen LogP contribution in [0.1, 0.15) is 90.4 Å².